The van der Waals surface area contributed by atoms with Crippen molar-refractivity contribution in [2.45, 2.75) is 6.92 Å². The molecule has 0 aliphatic carbocycles. The van der Waals surface area contributed by atoms with Crippen LogP contribution in [0, 0.1) is 0 Å². The molecule has 0 fully saturated rings. The Kier molecular flexibility index (Phi) is 5.22. The quantitative estimate of drug-likeness (QED) is 0.206. The first-order valence-corrected chi connectivity index (χ1v) is 3.25. The van der Waals surface area contributed by atoms with Gasteiger partial charge in [-0.3, -0.25) is 0 Å². The number of carbonyl (C=O) groups is 1. The molecule has 0 aliphatic rings. The van der Waals surface area contributed by atoms with Gasteiger partial charge in [-0.15, -0.1) is 0 Å². The molecule has 12 heavy (non-hydrogen) atoms. The van der Waals surface area contributed by atoms with Crippen LogP contribution in [0.1, 0.15) is 6.92 Å². The summed E-state index contributed by atoms with van der Waals surface area (Å²) in [6.07, 6.45) is 3.91. The molecule has 0 saturated heterocycles. The highest BCUT2D eigenvalue weighted by Gasteiger charge is 1.95. The number of allylic oxidation sites excluding steroid dienone is 1. The van der Waals surface area contributed by atoms with E-state index in [4.69, 9.17) is 0 Å². The number of aliphatic imine (C=N–C) groups is 1. The fraction of sp³-hybridized carbons (Fsp3) is 0.250. The van der Waals surface area contributed by atoms with Crippen molar-refractivity contribution in [1.82, 2.24) is 0 Å². The van der Waals surface area contributed by atoms with E-state index >= 15 is 0 Å². The van der Waals surface area contributed by atoms with E-state index < -0.39 is 5.97 Å². The average molecular weight is 167 g/mol. The van der Waals surface area contributed by atoms with Crippen LogP contribution in [0.4, 0.5) is 0 Å². The van der Waals surface area contributed by atoms with Crippen LogP contribution in [0.15, 0.2) is 29.5 Å². The van der Waals surface area contributed by atoms with Crippen LogP contribution in [0.3, 0.4) is 0 Å². The summed E-state index contributed by atoms with van der Waals surface area (Å²) < 4.78 is 4.66. The summed E-state index contributed by atoms with van der Waals surface area (Å²) in [7, 11) is 0. The van der Waals surface area contributed by atoms with Gasteiger partial charge in [-0.1, -0.05) is 6.58 Å². The van der Waals surface area contributed by atoms with E-state index in [0.717, 1.165) is 6.08 Å². The minimum atomic E-state index is -0.529. The summed E-state index contributed by atoms with van der Waals surface area (Å²) >= 11 is 0. The number of hydrogen-bond donors (Lipinski definition) is 0. The summed E-state index contributed by atoms with van der Waals surface area (Å²) in [6.45, 7) is 4.97. The van der Waals surface area contributed by atoms with E-state index in [2.05, 4.69) is 16.3 Å². The van der Waals surface area contributed by atoms with Crippen molar-refractivity contribution in [2.24, 2.45) is 4.99 Å². The second-order valence-electron chi connectivity index (χ2n) is 1.87. The molecular weight excluding hydrogens is 158 g/mol. The Morgan fingerprint density at radius 3 is 2.92 bits per heavy atom. The van der Waals surface area contributed by atoms with Crippen LogP contribution in [-0.2, 0) is 14.3 Å². The Labute approximate surface area is 70.2 Å². The van der Waals surface area contributed by atoms with Gasteiger partial charge in [0.05, 0.1) is 6.54 Å². The molecule has 0 aliphatic heterocycles. The van der Waals surface area contributed by atoms with Crippen molar-refractivity contribution >= 4 is 12.0 Å². The first-order chi connectivity index (χ1) is 5.70. The van der Waals surface area contributed by atoms with E-state index in [0.29, 0.717) is 5.76 Å². The maximum atomic E-state index is 10.6. The van der Waals surface area contributed by atoms with E-state index in [9.17, 15) is 9.59 Å². The third-order valence-electron chi connectivity index (χ3n) is 0.963. The largest absolute Gasteiger partial charge is 0.429 e. The first-order valence-electron chi connectivity index (χ1n) is 3.25. The SMILES string of the molecule is C=CC(=O)OC(C)=CCN=C=O. The van der Waals surface area contributed by atoms with Crippen molar-refractivity contribution in [3.63, 3.8) is 0 Å². The monoisotopic (exact) mass is 167 g/mol. The van der Waals surface area contributed by atoms with Gasteiger partial charge >= 0.3 is 5.97 Å². The van der Waals surface area contributed by atoms with Crippen LogP contribution in [0.25, 0.3) is 0 Å². The van der Waals surface area contributed by atoms with E-state index in [1.807, 2.05) is 0 Å². The number of rotatable bonds is 4. The molecule has 0 rings (SSSR count). The fourth-order valence-corrected chi connectivity index (χ4v) is 0.453. The van der Waals surface area contributed by atoms with Crippen LogP contribution in [0.5, 0.6) is 0 Å². The maximum Gasteiger partial charge on any atom is 0.335 e. The van der Waals surface area contributed by atoms with Gasteiger partial charge in [-0.2, -0.15) is 0 Å². The third-order valence-corrected chi connectivity index (χ3v) is 0.963. The second-order valence-corrected chi connectivity index (χ2v) is 1.87. The number of ether oxygens (including phenoxy) is 1. The molecular formula is C8H9NO3. The van der Waals surface area contributed by atoms with E-state index in [1.54, 1.807) is 6.92 Å². The molecule has 0 unspecified atom stereocenters. The average Bonchev–Trinajstić information content (AvgIpc) is 2.05. The predicted octanol–water partition coefficient (Wildman–Crippen LogP) is 0.955. The topological polar surface area (TPSA) is 55.7 Å². The molecule has 4 heteroatoms. The maximum absolute atomic E-state index is 10.6. The van der Waals surface area contributed by atoms with Crippen LogP contribution in [0.2, 0.25) is 0 Å². The lowest BCUT2D eigenvalue weighted by molar-refractivity contribution is -0.133. The fourth-order valence-electron chi connectivity index (χ4n) is 0.453. The van der Waals surface area contributed by atoms with Crippen LogP contribution in [-0.4, -0.2) is 18.6 Å². The minimum absolute atomic E-state index is 0.166. The third kappa shape index (κ3) is 5.14. The van der Waals surface area contributed by atoms with Gasteiger partial charge in [-0.05, 0) is 13.0 Å². The lowest BCUT2D eigenvalue weighted by atomic mass is 10.5. The summed E-state index contributed by atoms with van der Waals surface area (Å²) in [4.78, 5) is 23.4. The summed E-state index contributed by atoms with van der Waals surface area (Å²) in [5.41, 5.74) is 0. The molecule has 0 atom stereocenters. The summed E-state index contributed by atoms with van der Waals surface area (Å²) in [5.74, 6) is -0.141. The van der Waals surface area contributed by atoms with Crippen LogP contribution >= 0.6 is 0 Å². The van der Waals surface area contributed by atoms with Crippen molar-refractivity contribution in [3.05, 3.63) is 24.5 Å². The van der Waals surface area contributed by atoms with Crippen LogP contribution < -0.4 is 0 Å². The summed E-state index contributed by atoms with van der Waals surface area (Å²) in [6, 6.07) is 0. The lowest BCUT2D eigenvalue weighted by Crippen LogP contribution is -1.97. The summed E-state index contributed by atoms with van der Waals surface area (Å²) in [5, 5.41) is 0. The van der Waals surface area contributed by atoms with Gasteiger partial charge < -0.3 is 4.74 Å². The first kappa shape index (κ1) is 10.3. The van der Waals surface area contributed by atoms with Gasteiger partial charge in [0.15, 0.2) is 0 Å². The molecule has 0 radical (unpaired) electrons. The molecule has 0 aromatic carbocycles. The van der Waals surface area contributed by atoms with Gasteiger partial charge in [-0.25, -0.2) is 14.6 Å². The molecule has 0 saturated carbocycles. The molecule has 0 amide bonds. The van der Waals surface area contributed by atoms with Gasteiger partial charge in [0.1, 0.15) is 5.76 Å². The zero-order valence-electron chi connectivity index (χ0n) is 6.74. The Hall–Kier alpha value is -1.67. The second kappa shape index (κ2) is 6.07. The molecule has 0 bridgehead atoms. The molecule has 0 aromatic rings. The Morgan fingerprint density at radius 1 is 1.75 bits per heavy atom. The lowest BCUT2D eigenvalue weighted by Gasteiger charge is -1.98. The molecule has 64 valence electrons. The smallest absolute Gasteiger partial charge is 0.335 e. The standard InChI is InChI=1S/C8H9NO3/c1-3-8(11)12-7(2)4-5-9-6-10/h3-4H,1,5H2,2H3. The number of carbonyl (C=O) groups excluding carboxylic acids is 2. The van der Waals surface area contributed by atoms with Crippen molar-refractivity contribution in [2.75, 3.05) is 6.54 Å². The highest BCUT2D eigenvalue weighted by molar-refractivity contribution is 5.82. The van der Waals surface area contributed by atoms with Crippen molar-refractivity contribution in [1.29, 1.82) is 0 Å². The van der Waals surface area contributed by atoms with Crippen molar-refractivity contribution in [3.8, 4) is 0 Å². The predicted molar refractivity (Wildman–Crippen MR) is 43.0 cm³/mol. The van der Waals surface area contributed by atoms with Gasteiger partial charge in [0.25, 0.3) is 0 Å². The molecule has 0 heterocycles. The highest BCUT2D eigenvalue weighted by Crippen LogP contribution is 1.95. The van der Waals surface area contributed by atoms with Crippen molar-refractivity contribution < 1.29 is 14.3 Å². The number of nitrogens with zero attached hydrogens (tertiary/aromatic N) is 1. The van der Waals surface area contributed by atoms with E-state index in [1.165, 1.54) is 12.2 Å². The molecule has 0 N–H and O–H groups in total. The minimum Gasteiger partial charge on any atom is -0.429 e. The molecule has 0 aromatic heterocycles. The van der Waals surface area contributed by atoms with E-state index in [-0.39, 0.29) is 6.54 Å². The number of isocyanates is 1. The normalized spacial score (nSPS) is 9.92. The number of esters is 1. The Morgan fingerprint density at radius 2 is 2.42 bits per heavy atom. The molecule has 0 spiro atoms. The zero-order chi connectivity index (χ0) is 9.40. The van der Waals surface area contributed by atoms with Gasteiger partial charge in [0.2, 0.25) is 6.08 Å². The zero-order valence-corrected chi connectivity index (χ0v) is 6.74. The highest BCUT2D eigenvalue weighted by atomic mass is 16.5. The van der Waals surface area contributed by atoms with Gasteiger partial charge in [0, 0.05) is 6.08 Å². The molecule has 4 nitrogen and oxygen atoms in total. The Bertz CT molecular complexity index is 249. The number of hydrogen-bond acceptors (Lipinski definition) is 4. The Balaban J connectivity index is 3.92.